The third kappa shape index (κ3) is 11.1. The molecule has 0 radical (unpaired) electrons. The highest BCUT2D eigenvalue weighted by molar-refractivity contribution is 5.85. The van der Waals surface area contributed by atoms with Crippen LogP contribution in [0, 0.1) is 0 Å². The molecule has 0 heterocycles. The normalized spacial score (nSPS) is 11.9. The highest BCUT2D eigenvalue weighted by atomic mass is 35.5. The molecule has 0 rings (SSSR count). The third-order valence-electron chi connectivity index (χ3n) is 0.977. The predicted octanol–water partition coefficient (Wildman–Crippen LogP) is 1.08. The van der Waals surface area contributed by atoms with Crippen molar-refractivity contribution in [2.45, 2.75) is 19.4 Å². The van der Waals surface area contributed by atoms with Crippen LogP contribution in [0.3, 0.4) is 0 Å². The van der Waals surface area contributed by atoms with Gasteiger partial charge in [-0.25, -0.2) is 0 Å². The Balaban J connectivity index is -0.000000245. The molecule has 4 N–H and O–H groups in total. The summed E-state index contributed by atoms with van der Waals surface area (Å²) >= 11 is 0. The standard InChI is InChI=1S/C6H14N2.2ClH/c1-2-3-4-6(8)5-7;;/h2-3,6H,4-5,7-8H2,1H3;2*1H/b3-2+;;. The van der Waals surface area contributed by atoms with Crippen LogP contribution in [-0.2, 0) is 0 Å². The minimum Gasteiger partial charge on any atom is -0.329 e. The van der Waals surface area contributed by atoms with Gasteiger partial charge in [-0.3, -0.25) is 0 Å². The Morgan fingerprint density at radius 1 is 1.40 bits per heavy atom. The maximum Gasteiger partial charge on any atom is 0.0197 e. The Morgan fingerprint density at radius 2 is 1.90 bits per heavy atom. The second kappa shape index (κ2) is 12.0. The van der Waals surface area contributed by atoms with Crippen molar-refractivity contribution in [3.63, 3.8) is 0 Å². The lowest BCUT2D eigenvalue weighted by Gasteiger charge is -2.01. The van der Waals surface area contributed by atoms with Crippen LogP contribution in [0.15, 0.2) is 12.2 Å². The highest BCUT2D eigenvalue weighted by Gasteiger charge is 1.91. The molecular formula is C6H16Cl2N2. The summed E-state index contributed by atoms with van der Waals surface area (Å²) < 4.78 is 0. The minimum absolute atomic E-state index is 0. The summed E-state index contributed by atoms with van der Waals surface area (Å²) in [6, 6.07) is 0.145. The molecule has 0 aromatic heterocycles. The molecule has 0 saturated heterocycles. The summed E-state index contributed by atoms with van der Waals surface area (Å²) in [5, 5.41) is 0. The first kappa shape index (κ1) is 16.7. The van der Waals surface area contributed by atoms with Crippen LogP contribution in [0.2, 0.25) is 0 Å². The molecule has 10 heavy (non-hydrogen) atoms. The Labute approximate surface area is 74.9 Å². The van der Waals surface area contributed by atoms with Crippen LogP contribution >= 0.6 is 24.8 Å². The van der Waals surface area contributed by atoms with Crippen molar-refractivity contribution in [2.75, 3.05) is 6.54 Å². The van der Waals surface area contributed by atoms with Gasteiger partial charge < -0.3 is 11.5 Å². The third-order valence-corrected chi connectivity index (χ3v) is 0.977. The fourth-order valence-corrected chi connectivity index (χ4v) is 0.407. The number of allylic oxidation sites excluding steroid dienone is 1. The van der Waals surface area contributed by atoms with Crippen LogP contribution in [0.4, 0.5) is 0 Å². The monoisotopic (exact) mass is 186 g/mol. The minimum atomic E-state index is 0. The number of hydrogen-bond donors (Lipinski definition) is 2. The summed E-state index contributed by atoms with van der Waals surface area (Å²) in [6.07, 6.45) is 4.90. The Kier molecular flexibility index (Phi) is 20.0. The first-order chi connectivity index (χ1) is 3.81. The molecule has 0 saturated carbocycles. The molecule has 0 amide bonds. The van der Waals surface area contributed by atoms with Crippen molar-refractivity contribution < 1.29 is 0 Å². The van der Waals surface area contributed by atoms with Crippen molar-refractivity contribution in [3.05, 3.63) is 12.2 Å². The SMILES string of the molecule is C/C=C/CC(N)CN.Cl.Cl. The number of rotatable bonds is 3. The molecule has 1 atom stereocenters. The molecule has 0 aliphatic heterocycles. The van der Waals surface area contributed by atoms with E-state index < -0.39 is 0 Å². The lowest BCUT2D eigenvalue weighted by Crippen LogP contribution is -2.28. The van der Waals surface area contributed by atoms with Crippen LogP contribution in [0.1, 0.15) is 13.3 Å². The van der Waals surface area contributed by atoms with Gasteiger partial charge in [0.25, 0.3) is 0 Å². The fourth-order valence-electron chi connectivity index (χ4n) is 0.407. The van der Waals surface area contributed by atoms with Crippen molar-refractivity contribution in [1.82, 2.24) is 0 Å². The summed E-state index contributed by atoms with van der Waals surface area (Å²) in [4.78, 5) is 0. The van der Waals surface area contributed by atoms with E-state index in [9.17, 15) is 0 Å². The average Bonchev–Trinajstić information content (AvgIpc) is 1.83. The molecular weight excluding hydrogens is 171 g/mol. The molecule has 64 valence electrons. The van der Waals surface area contributed by atoms with Gasteiger partial charge in [0.1, 0.15) is 0 Å². The van der Waals surface area contributed by atoms with Crippen molar-refractivity contribution >= 4 is 24.8 Å². The number of hydrogen-bond acceptors (Lipinski definition) is 2. The Bertz CT molecular complexity index is 76.1. The Hall–Kier alpha value is 0.240. The van der Waals surface area contributed by atoms with Crippen LogP contribution in [-0.4, -0.2) is 12.6 Å². The molecule has 0 aliphatic rings. The van der Waals surface area contributed by atoms with E-state index in [1.807, 2.05) is 19.1 Å². The molecule has 4 heteroatoms. The number of halogens is 2. The van der Waals surface area contributed by atoms with E-state index in [2.05, 4.69) is 0 Å². The molecule has 0 aromatic rings. The van der Waals surface area contributed by atoms with E-state index >= 15 is 0 Å². The first-order valence-electron chi connectivity index (χ1n) is 2.88. The van der Waals surface area contributed by atoms with Crippen molar-refractivity contribution in [1.29, 1.82) is 0 Å². The van der Waals surface area contributed by atoms with Crippen LogP contribution < -0.4 is 11.5 Å². The van der Waals surface area contributed by atoms with Gasteiger partial charge in [0.15, 0.2) is 0 Å². The van der Waals surface area contributed by atoms with E-state index in [1.165, 1.54) is 0 Å². The lowest BCUT2D eigenvalue weighted by atomic mass is 10.2. The Morgan fingerprint density at radius 3 is 2.20 bits per heavy atom. The predicted molar refractivity (Wildman–Crippen MR) is 51.0 cm³/mol. The summed E-state index contributed by atoms with van der Waals surface area (Å²) in [7, 11) is 0. The summed E-state index contributed by atoms with van der Waals surface area (Å²) in [5.41, 5.74) is 10.7. The fraction of sp³-hybridized carbons (Fsp3) is 0.667. The zero-order chi connectivity index (χ0) is 6.41. The van der Waals surface area contributed by atoms with Gasteiger partial charge in [-0.15, -0.1) is 24.8 Å². The van der Waals surface area contributed by atoms with Crippen molar-refractivity contribution in [2.24, 2.45) is 11.5 Å². The smallest absolute Gasteiger partial charge is 0.0197 e. The maximum absolute atomic E-state index is 5.48. The first-order valence-corrected chi connectivity index (χ1v) is 2.88. The molecule has 0 spiro atoms. The molecule has 0 bridgehead atoms. The van der Waals surface area contributed by atoms with E-state index in [1.54, 1.807) is 0 Å². The zero-order valence-electron chi connectivity index (χ0n) is 6.12. The van der Waals surface area contributed by atoms with E-state index in [0.29, 0.717) is 6.54 Å². The zero-order valence-corrected chi connectivity index (χ0v) is 7.75. The number of nitrogens with two attached hydrogens (primary N) is 2. The van der Waals surface area contributed by atoms with Gasteiger partial charge in [0.05, 0.1) is 0 Å². The topological polar surface area (TPSA) is 52.0 Å². The van der Waals surface area contributed by atoms with Gasteiger partial charge in [0.2, 0.25) is 0 Å². The van der Waals surface area contributed by atoms with Crippen molar-refractivity contribution in [3.8, 4) is 0 Å². The molecule has 2 nitrogen and oxygen atoms in total. The van der Waals surface area contributed by atoms with Crippen LogP contribution in [0.25, 0.3) is 0 Å². The van der Waals surface area contributed by atoms with Gasteiger partial charge >= 0.3 is 0 Å². The van der Waals surface area contributed by atoms with Gasteiger partial charge in [-0.2, -0.15) is 0 Å². The lowest BCUT2D eigenvalue weighted by molar-refractivity contribution is 0.693. The quantitative estimate of drug-likeness (QED) is 0.649. The second-order valence-electron chi connectivity index (χ2n) is 1.80. The van der Waals surface area contributed by atoms with E-state index in [0.717, 1.165) is 6.42 Å². The van der Waals surface area contributed by atoms with Crippen LogP contribution in [0.5, 0.6) is 0 Å². The molecule has 0 fully saturated rings. The van der Waals surface area contributed by atoms with Gasteiger partial charge in [-0.1, -0.05) is 12.2 Å². The summed E-state index contributed by atoms with van der Waals surface area (Å²) in [5.74, 6) is 0. The largest absolute Gasteiger partial charge is 0.329 e. The highest BCUT2D eigenvalue weighted by Crippen LogP contribution is 1.85. The molecule has 0 aliphatic carbocycles. The molecule has 0 aromatic carbocycles. The van der Waals surface area contributed by atoms with Gasteiger partial charge in [-0.05, 0) is 13.3 Å². The van der Waals surface area contributed by atoms with Gasteiger partial charge in [0, 0.05) is 12.6 Å². The van der Waals surface area contributed by atoms with E-state index in [-0.39, 0.29) is 30.9 Å². The average molecular weight is 187 g/mol. The second-order valence-corrected chi connectivity index (χ2v) is 1.80. The molecule has 1 unspecified atom stereocenters. The van der Waals surface area contributed by atoms with E-state index in [4.69, 9.17) is 11.5 Å². The maximum atomic E-state index is 5.48. The summed E-state index contributed by atoms with van der Waals surface area (Å²) in [6.45, 7) is 2.55.